The molecule has 29 heavy (non-hydrogen) atoms. The van der Waals surface area contributed by atoms with Gasteiger partial charge < -0.3 is 35.1 Å². The molecule has 0 saturated carbocycles. The predicted molar refractivity (Wildman–Crippen MR) is 111 cm³/mol. The molecule has 160 valence electrons. The van der Waals surface area contributed by atoms with Crippen LogP contribution in [0.15, 0.2) is 41.1 Å². The topological polar surface area (TPSA) is 109 Å². The maximum Gasteiger partial charge on any atom is 0.257 e. The number of carbonyl (C=O) groups is 1. The van der Waals surface area contributed by atoms with Crippen molar-refractivity contribution in [1.29, 1.82) is 0 Å². The maximum absolute atomic E-state index is 11.5. The summed E-state index contributed by atoms with van der Waals surface area (Å²) in [6.45, 7) is 2.09. The SMILES string of the molecule is O=C(COc1ccc(OCCNCC(O)COc2ccsc2)cc1)NCCCO. The van der Waals surface area contributed by atoms with Gasteiger partial charge in [-0.05, 0) is 42.1 Å². The molecule has 4 N–H and O–H groups in total. The van der Waals surface area contributed by atoms with Crippen LogP contribution < -0.4 is 24.8 Å². The summed E-state index contributed by atoms with van der Waals surface area (Å²) in [4.78, 5) is 11.5. The summed E-state index contributed by atoms with van der Waals surface area (Å²) in [5, 5.41) is 28.1. The van der Waals surface area contributed by atoms with E-state index < -0.39 is 6.10 Å². The van der Waals surface area contributed by atoms with Crippen LogP contribution in [0.4, 0.5) is 0 Å². The number of amides is 1. The second kappa shape index (κ2) is 13.8. The van der Waals surface area contributed by atoms with Crippen LogP contribution in [-0.4, -0.2) is 68.3 Å². The molecule has 9 heteroatoms. The molecular formula is C20H28N2O6S. The van der Waals surface area contributed by atoms with Crippen molar-refractivity contribution in [2.24, 2.45) is 0 Å². The Morgan fingerprint density at radius 1 is 1.03 bits per heavy atom. The summed E-state index contributed by atoms with van der Waals surface area (Å²) >= 11 is 1.55. The van der Waals surface area contributed by atoms with E-state index in [2.05, 4.69) is 10.6 Å². The Morgan fingerprint density at radius 2 is 1.79 bits per heavy atom. The second-order valence-electron chi connectivity index (χ2n) is 6.16. The van der Waals surface area contributed by atoms with Gasteiger partial charge in [-0.25, -0.2) is 0 Å². The number of aliphatic hydroxyl groups excluding tert-OH is 2. The van der Waals surface area contributed by atoms with Gasteiger partial charge in [0, 0.05) is 31.6 Å². The van der Waals surface area contributed by atoms with Crippen molar-refractivity contribution in [3.63, 3.8) is 0 Å². The number of hydrogen-bond donors (Lipinski definition) is 4. The van der Waals surface area contributed by atoms with Crippen molar-refractivity contribution in [2.45, 2.75) is 12.5 Å². The smallest absolute Gasteiger partial charge is 0.257 e. The lowest BCUT2D eigenvalue weighted by Gasteiger charge is -2.13. The Labute approximate surface area is 174 Å². The summed E-state index contributed by atoms with van der Waals surface area (Å²) in [6, 6.07) is 8.86. The van der Waals surface area contributed by atoms with Crippen LogP contribution in [0.1, 0.15) is 6.42 Å². The molecule has 2 rings (SSSR count). The number of aliphatic hydroxyl groups is 2. The predicted octanol–water partition coefficient (Wildman–Crippen LogP) is 1.03. The molecule has 8 nitrogen and oxygen atoms in total. The first-order valence-corrected chi connectivity index (χ1v) is 10.4. The van der Waals surface area contributed by atoms with Crippen LogP contribution in [0, 0.1) is 0 Å². The van der Waals surface area contributed by atoms with Gasteiger partial charge in [0.05, 0.1) is 0 Å². The average molecular weight is 425 g/mol. The maximum atomic E-state index is 11.5. The monoisotopic (exact) mass is 424 g/mol. The Kier molecular flexibility index (Phi) is 10.9. The van der Waals surface area contributed by atoms with Gasteiger partial charge >= 0.3 is 0 Å². The molecule has 0 aliphatic carbocycles. The number of ether oxygens (including phenoxy) is 3. The van der Waals surface area contributed by atoms with Crippen molar-refractivity contribution in [2.75, 3.05) is 46.1 Å². The third-order valence-electron chi connectivity index (χ3n) is 3.72. The third-order valence-corrected chi connectivity index (χ3v) is 4.38. The lowest BCUT2D eigenvalue weighted by atomic mass is 10.3. The normalized spacial score (nSPS) is 11.7. The van der Waals surface area contributed by atoms with Crippen molar-refractivity contribution in [3.8, 4) is 17.2 Å². The molecule has 0 radical (unpaired) electrons. The molecule has 1 amide bonds. The van der Waals surface area contributed by atoms with Gasteiger partial charge in [0.2, 0.25) is 0 Å². The highest BCUT2D eigenvalue weighted by Gasteiger charge is 2.05. The van der Waals surface area contributed by atoms with Gasteiger partial charge in [-0.3, -0.25) is 4.79 Å². The summed E-state index contributed by atoms with van der Waals surface area (Å²) < 4.78 is 16.5. The number of carbonyl (C=O) groups excluding carboxylic acids is 1. The van der Waals surface area contributed by atoms with E-state index in [0.29, 0.717) is 44.2 Å². The fourth-order valence-electron chi connectivity index (χ4n) is 2.23. The van der Waals surface area contributed by atoms with E-state index in [-0.39, 0.29) is 25.7 Å². The third kappa shape index (κ3) is 10.1. The quantitative estimate of drug-likeness (QED) is 0.316. The van der Waals surface area contributed by atoms with Gasteiger partial charge in [0.1, 0.15) is 36.6 Å². The van der Waals surface area contributed by atoms with E-state index in [4.69, 9.17) is 19.3 Å². The van der Waals surface area contributed by atoms with Crippen LogP contribution >= 0.6 is 11.3 Å². The average Bonchev–Trinajstić information content (AvgIpc) is 3.25. The molecule has 0 bridgehead atoms. The van der Waals surface area contributed by atoms with Gasteiger partial charge in [-0.1, -0.05) is 0 Å². The van der Waals surface area contributed by atoms with E-state index in [9.17, 15) is 9.90 Å². The largest absolute Gasteiger partial charge is 0.492 e. The lowest BCUT2D eigenvalue weighted by molar-refractivity contribution is -0.123. The molecule has 0 aliphatic heterocycles. The minimum absolute atomic E-state index is 0.0443. The van der Waals surface area contributed by atoms with Crippen LogP contribution in [-0.2, 0) is 4.79 Å². The van der Waals surface area contributed by atoms with E-state index in [1.165, 1.54) is 0 Å². The fraction of sp³-hybridized carbons (Fsp3) is 0.450. The van der Waals surface area contributed by atoms with Crippen LogP contribution in [0.5, 0.6) is 17.2 Å². The Hall–Kier alpha value is -2.33. The molecule has 0 aliphatic rings. The number of nitrogens with one attached hydrogen (secondary N) is 2. The summed E-state index contributed by atoms with van der Waals surface area (Å²) in [5.41, 5.74) is 0. The zero-order chi connectivity index (χ0) is 20.7. The van der Waals surface area contributed by atoms with E-state index in [1.54, 1.807) is 35.6 Å². The molecule has 0 saturated heterocycles. The van der Waals surface area contributed by atoms with Gasteiger partial charge in [0.25, 0.3) is 5.91 Å². The second-order valence-corrected chi connectivity index (χ2v) is 6.94. The first kappa shape index (κ1) is 23.0. The molecule has 2 aromatic rings. The van der Waals surface area contributed by atoms with E-state index in [1.807, 2.05) is 16.8 Å². The van der Waals surface area contributed by atoms with Crippen LogP contribution in [0.25, 0.3) is 0 Å². The first-order chi connectivity index (χ1) is 14.2. The highest BCUT2D eigenvalue weighted by atomic mass is 32.1. The molecule has 0 fully saturated rings. The van der Waals surface area contributed by atoms with Gasteiger partial charge in [-0.15, -0.1) is 11.3 Å². The van der Waals surface area contributed by atoms with Gasteiger partial charge in [0.15, 0.2) is 6.61 Å². The number of rotatable bonds is 15. The Bertz CT molecular complexity index is 681. The van der Waals surface area contributed by atoms with E-state index in [0.717, 1.165) is 5.75 Å². The summed E-state index contributed by atoms with van der Waals surface area (Å²) in [6.07, 6.45) is -0.0683. The van der Waals surface area contributed by atoms with Crippen molar-refractivity contribution >= 4 is 17.2 Å². The van der Waals surface area contributed by atoms with E-state index >= 15 is 0 Å². The number of benzene rings is 1. The van der Waals surface area contributed by atoms with Crippen molar-refractivity contribution in [3.05, 3.63) is 41.1 Å². The molecular weight excluding hydrogens is 396 g/mol. The van der Waals surface area contributed by atoms with Crippen molar-refractivity contribution in [1.82, 2.24) is 10.6 Å². The summed E-state index contributed by atoms with van der Waals surface area (Å²) in [5.74, 6) is 1.80. The zero-order valence-electron chi connectivity index (χ0n) is 16.2. The zero-order valence-corrected chi connectivity index (χ0v) is 17.0. The minimum Gasteiger partial charge on any atom is -0.492 e. The standard InChI is InChI=1S/C20H28N2O6S/c23-9-1-7-22-20(25)14-28-18-4-2-17(3-5-18)26-10-8-21-12-16(24)13-27-19-6-11-29-15-19/h2-6,11,15-16,21,23-24H,1,7-10,12-14H2,(H,22,25). The number of hydrogen-bond acceptors (Lipinski definition) is 8. The molecule has 1 atom stereocenters. The van der Waals surface area contributed by atoms with Crippen LogP contribution in [0.3, 0.4) is 0 Å². The molecule has 1 aromatic carbocycles. The molecule has 0 spiro atoms. The summed E-state index contributed by atoms with van der Waals surface area (Å²) in [7, 11) is 0. The first-order valence-electron chi connectivity index (χ1n) is 9.44. The Morgan fingerprint density at radius 3 is 2.48 bits per heavy atom. The van der Waals surface area contributed by atoms with Gasteiger partial charge in [-0.2, -0.15) is 0 Å². The molecule has 1 aromatic heterocycles. The highest BCUT2D eigenvalue weighted by Crippen LogP contribution is 2.17. The lowest BCUT2D eigenvalue weighted by Crippen LogP contribution is -2.33. The van der Waals surface area contributed by atoms with Crippen molar-refractivity contribution < 1.29 is 29.2 Å². The molecule has 1 unspecified atom stereocenters. The Balaban J connectivity index is 1.52. The highest BCUT2D eigenvalue weighted by molar-refractivity contribution is 7.08. The number of thiophene rings is 1. The fourth-order valence-corrected chi connectivity index (χ4v) is 2.81. The molecule has 1 heterocycles. The minimum atomic E-state index is -0.591. The van der Waals surface area contributed by atoms with Crippen LogP contribution in [0.2, 0.25) is 0 Å².